The van der Waals surface area contributed by atoms with Gasteiger partial charge in [0, 0.05) is 31.9 Å². The number of aryl methyl sites for hydroxylation is 2. The highest BCUT2D eigenvalue weighted by Crippen LogP contribution is 2.32. The number of rotatable bonds is 5. The molecule has 1 aliphatic heterocycles. The van der Waals surface area contributed by atoms with E-state index in [1.54, 1.807) is 0 Å². The minimum absolute atomic E-state index is 0.104. The van der Waals surface area contributed by atoms with Gasteiger partial charge in [-0.2, -0.15) is 0 Å². The van der Waals surface area contributed by atoms with Gasteiger partial charge in [-0.15, -0.1) is 21.5 Å². The third kappa shape index (κ3) is 4.45. The molecule has 7 nitrogen and oxygen atoms in total. The number of para-hydroxylation sites is 1. The number of carbonyl (C=O) groups is 1. The smallest absolute Gasteiger partial charge is 0.277 e. The van der Waals surface area contributed by atoms with Crippen LogP contribution >= 0.6 is 23.1 Å². The van der Waals surface area contributed by atoms with Crippen molar-refractivity contribution in [2.75, 3.05) is 31.1 Å². The van der Waals surface area contributed by atoms with E-state index in [0.717, 1.165) is 28.7 Å². The lowest BCUT2D eigenvalue weighted by Gasteiger charge is -2.37. The van der Waals surface area contributed by atoms with Crippen LogP contribution < -0.4 is 4.90 Å². The Hall–Kier alpha value is -2.39. The van der Waals surface area contributed by atoms with Crippen LogP contribution in [0.4, 0.5) is 5.69 Å². The average Bonchev–Trinajstić information content (AvgIpc) is 3.33. The summed E-state index contributed by atoms with van der Waals surface area (Å²) in [7, 11) is 0. The summed E-state index contributed by atoms with van der Waals surface area (Å²) in [6, 6.07) is 10.3. The van der Waals surface area contributed by atoms with Gasteiger partial charge in [0.15, 0.2) is 0 Å². The maximum absolute atomic E-state index is 12.9. The van der Waals surface area contributed by atoms with Crippen LogP contribution in [0, 0.1) is 13.8 Å². The van der Waals surface area contributed by atoms with Crippen LogP contribution in [0.25, 0.3) is 10.8 Å². The van der Waals surface area contributed by atoms with Crippen LogP contribution in [-0.4, -0.2) is 57.4 Å². The number of thiazole rings is 1. The summed E-state index contributed by atoms with van der Waals surface area (Å²) >= 11 is 2.84. The molecule has 0 radical (unpaired) electrons. The quantitative estimate of drug-likeness (QED) is 0.573. The molecule has 4 rings (SSSR count). The average molecular weight is 430 g/mol. The Kier molecular flexibility index (Phi) is 5.86. The summed E-state index contributed by atoms with van der Waals surface area (Å²) in [4.78, 5) is 22.4. The molecule has 0 bridgehead atoms. The Morgan fingerprint density at radius 1 is 1.14 bits per heavy atom. The molecule has 1 unspecified atom stereocenters. The van der Waals surface area contributed by atoms with E-state index in [9.17, 15) is 4.79 Å². The van der Waals surface area contributed by atoms with Gasteiger partial charge < -0.3 is 14.2 Å². The second-order valence-corrected chi connectivity index (χ2v) is 9.42. The Balaban J connectivity index is 1.34. The van der Waals surface area contributed by atoms with Crippen molar-refractivity contribution in [3.05, 3.63) is 41.0 Å². The van der Waals surface area contributed by atoms with Gasteiger partial charge in [-0.3, -0.25) is 4.79 Å². The van der Waals surface area contributed by atoms with Crippen LogP contribution in [-0.2, 0) is 4.79 Å². The molecule has 1 aromatic carbocycles. The van der Waals surface area contributed by atoms with Gasteiger partial charge in [-0.05, 0) is 32.9 Å². The van der Waals surface area contributed by atoms with Gasteiger partial charge in [0.25, 0.3) is 11.1 Å². The predicted molar refractivity (Wildman–Crippen MR) is 115 cm³/mol. The van der Waals surface area contributed by atoms with Crippen LogP contribution in [0.3, 0.4) is 0 Å². The number of aromatic nitrogens is 3. The third-order valence-electron chi connectivity index (χ3n) is 4.84. The van der Waals surface area contributed by atoms with Crippen molar-refractivity contribution in [1.29, 1.82) is 0 Å². The fourth-order valence-electron chi connectivity index (χ4n) is 3.36. The SMILES string of the molecule is Cc1nc(C)c(-c2nnc(SC(C)C(=O)N3CCN(c4ccccc4)CC3)o2)s1. The highest BCUT2D eigenvalue weighted by Gasteiger charge is 2.27. The van der Waals surface area contributed by atoms with E-state index in [1.807, 2.05) is 43.9 Å². The molecule has 1 amide bonds. The van der Waals surface area contributed by atoms with E-state index in [1.165, 1.54) is 28.8 Å². The van der Waals surface area contributed by atoms with E-state index in [-0.39, 0.29) is 11.2 Å². The standard InChI is InChI=1S/C20H23N5O2S2/c1-13-17(29-15(3)21-13)18-22-23-20(27-18)28-14(2)19(26)25-11-9-24(10-12-25)16-7-5-4-6-8-16/h4-8,14H,9-12H2,1-3H3. The highest BCUT2D eigenvalue weighted by molar-refractivity contribution is 8.00. The van der Waals surface area contributed by atoms with E-state index < -0.39 is 0 Å². The molecule has 1 atom stereocenters. The number of anilines is 1. The predicted octanol–water partition coefficient (Wildman–Crippen LogP) is 3.64. The van der Waals surface area contributed by atoms with E-state index >= 15 is 0 Å². The molecule has 9 heteroatoms. The zero-order valence-corrected chi connectivity index (χ0v) is 18.3. The van der Waals surface area contributed by atoms with Gasteiger partial charge in [0.1, 0.15) is 4.88 Å². The van der Waals surface area contributed by atoms with E-state index in [0.29, 0.717) is 24.2 Å². The van der Waals surface area contributed by atoms with Gasteiger partial charge in [-0.25, -0.2) is 4.98 Å². The van der Waals surface area contributed by atoms with Crippen molar-refractivity contribution in [1.82, 2.24) is 20.1 Å². The number of nitrogens with zero attached hydrogens (tertiary/aromatic N) is 5. The molecule has 0 spiro atoms. The molecule has 0 aliphatic carbocycles. The summed E-state index contributed by atoms with van der Waals surface area (Å²) in [5.41, 5.74) is 2.09. The summed E-state index contributed by atoms with van der Waals surface area (Å²) in [6.07, 6.45) is 0. The molecule has 0 saturated carbocycles. The van der Waals surface area contributed by atoms with Crippen LogP contribution in [0.5, 0.6) is 0 Å². The van der Waals surface area contributed by atoms with Crippen LogP contribution in [0.2, 0.25) is 0 Å². The monoisotopic (exact) mass is 429 g/mol. The first kappa shape index (κ1) is 19.9. The molecule has 1 saturated heterocycles. The number of amides is 1. The first-order valence-electron chi connectivity index (χ1n) is 9.54. The van der Waals surface area contributed by atoms with Crippen molar-refractivity contribution in [3.63, 3.8) is 0 Å². The van der Waals surface area contributed by atoms with Gasteiger partial charge in [-0.1, -0.05) is 30.0 Å². The summed E-state index contributed by atoms with van der Waals surface area (Å²) in [6.45, 7) is 8.87. The lowest BCUT2D eigenvalue weighted by Crippen LogP contribution is -2.50. The van der Waals surface area contributed by atoms with Crippen LogP contribution in [0.15, 0.2) is 40.0 Å². The minimum Gasteiger partial charge on any atom is -0.410 e. The molecular weight excluding hydrogens is 406 g/mol. The Bertz CT molecular complexity index is 980. The van der Waals surface area contributed by atoms with E-state index in [4.69, 9.17) is 4.42 Å². The van der Waals surface area contributed by atoms with Crippen LogP contribution in [0.1, 0.15) is 17.6 Å². The Morgan fingerprint density at radius 2 is 1.86 bits per heavy atom. The number of hydrogen-bond donors (Lipinski definition) is 0. The molecule has 0 N–H and O–H groups in total. The van der Waals surface area contributed by atoms with Crippen molar-refractivity contribution in [2.45, 2.75) is 31.2 Å². The van der Waals surface area contributed by atoms with Crippen molar-refractivity contribution < 1.29 is 9.21 Å². The molecule has 2 aromatic heterocycles. The molecule has 3 aromatic rings. The number of hydrogen-bond acceptors (Lipinski definition) is 8. The normalized spacial score (nSPS) is 15.6. The number of piperazine rings is 1. The summed E-state index contributed by atoms with van der Waals surface area (Å²) in [5.74, 6) is 0.569. The maximum atomic E-state index is 12.9. The van der Waals surface area contributed by atoms with Crippen molar-refractivity contribution in [2.24, 2.45) is 0 Å². The molecule has 1 fully saturated rings. The van der Waals surface area contributed by atoms with Crippen molar-refractivity contribution >= 4 is 34.7 Å². The maximum Gasteiger partial charge on any atom is 0.277 e. The fourth-order valence-corrected chi connectivity index (χ4v) is 4.97. The highest BCUT2D eigenvalue weighted by atomic mass is 32.2. The number of thioether (sulfide) groups is 1. The second kappa shape index (κ2) is 8.54. The summed E-state index contributed by atoms with van der Waals surface area (Å²) < 4.78 is 5.78. The summed E-state index contributed by atoms with van der Waals surface area (Å²) in [5, 5.41) is 9.33. The zero-order chi connectivity index (χ0) is 20.4. The zero-order valence-electron chi connectivity index (χ0n) is 16.7. The second-order valence-electron chi connectivity index (χ2n) is 6.93. The Morgan fingerprint density at radius 3 is 2.52 bits per heavy atom. The molecule has 29 heavy (non-hydrogen) atoms. The lowest BCUT2D eigenvalue weighted by atomic mass is 10.2. The minimum atomic E-state index is -0.282. The Labute approximate surface area is 178 Å². The number of benzene rings is 1. The molecule has 1 aliphatic rings. The largest absolute Gasteiger partial charge is 0.410 e. The fraction of sp³-hybridized carbons (Fsp3) is 0.400. The number of carbonyl (C=O) groups excluding carboxylic acids is 1. The van der Waals surface area contributed by atoms with Gasteiger partial charge in [0.05, 0.1) is 16.0 Å². The lowest BCUT2D eigenvalue weighted by molar-refractivity contribution is -0.130. The van der Waals surface area contributed by atoms with Crippen molar-refractivity contribution in [3.8, 4) is 10.8 Å². The molecule has 152 valence electrons. The third-order valence-corrected chi connectivity index (χ3v) is 6.82. The van der Waals surface area contributed by atoms with E-state index in [2.05, 4.69) is 32.2 Å². The topological polar surface area (TPSA) is 75.4 Å². The first-order valence-corrected chi connectivity index (χ1v) is 11.2. The van der Waals surface area contributed by atoms with Gasteiger partial charge >= 0.3 is 0 Å². The molecular formula is C20H23N5O2S2. The molecule has 3 heterocycles. The first-order chi connectivity index (χ1) is 14.0. The van der Waals surface area contributed by atoms with Gasteiger partial charge in [0.2, 0.25) is 5.91 Å².